The Labute approximate surface area is 146 Å². The summed E-state index contributed by atoms with van der Waals surface area (Å²) in [5.74, 6) is -0.0964. The number of allylic oxidation sites excluding steroid dienone is 1. The molecular weight excluding hydrogens is 382 g/mol. The molecule has 1 heterocycles. The quantitative estimate of drug-likeness (QED) is 0.723. The third-order valence-electron chi connectivity index (χ3n) is 3.11. The minimum Gasteiger partial charge on any atom is -0.321 e. The van der Waals surface area contributed by atoms with Gasteiger partial charge in [0.25, 0.3) is 0 Å². The smallest absolute Gasteiger partial charge is 0.249 e. The van der Waals surface area contributed by atoms with Crippen molar-refractivity contribution >= 4 is 50.8 Å². The van der Waals surface area contributed by atoms with Gasteiger partial charge in [-0.15, -0.1) is 0 Å². The van der Waals surface area contributed by atoms with Crippen molar-refractivity contribution in [3.8, 4) is 0 Å². The number of halogens is 2. The molecule has 0 fully saturated rings. The van der Waals surface area contributed by atoms with Crippen LogP contribution in [0.3, 0.4) is 0 Å². The average molecular weight is 393 g/mol. The fourth-order valence-electron chi connectivity index (χ4n) is 2.05. The van der Waals surface area contributed by atoms with Crippen molar-refractivity contribution in [3.63, 3.8) is 0 Å². The van der Waals surface area contributed by atoms with E-state index in [1.807, 2.05) is 53.9 Å². The Hall–Kier alpha value is -1.49. The summed E-state index contributed by atoms with van der Waals surface area (Å²) in [5.41, 5.74) is 2.72. The molecule has 3 rings (SSSR count). The van der Waals surface area contributed by atoms with Crippen LogP contribution < -0.4 is 5.32 Å². The molecule has 1 aliphatic rings. The van der Waals surface area contributed by atoms with Gasteiger partial charge in [0.15, 0.2) is 0 Å². The number of thioether (sulfide) groups is 1. The van der Waals surface area contributed by atoms with Crippen LogP contribution in [0.5, 0.6) is 0 Å². The molecule has 0 aromatic heterocycles. The molecular formula is C17H11BrClNOS. The van der Waals surface area contributed by atoms with Crippen LogP contribution in [-0.4, -0.2) is 5.91 Å². The summed E-state index contributed by atoms with van der Waals surface area (Å²) >= 11 is 10.8. The number of amides is 1. The Balaban J connectivity index is 1.84. The highest BCUT2D eigenvalue weighted by molar-refractivity contribution is 9.10. The Morgan fingerprint density at radius 1 is 1.05 bits per heavy atom. The minimum absolute atomic E-state index is 0.0964. The van der Waals surface area contributed by atoms with Gasteiger partial charge in [-0.25, -0.2) is 0 Å². The molecule has 1 amide bonds. The zero-order valence-corrected chi connectivity index (χ0v) is 14.5. The highest BCUT2D eigenvalue weighted by Gasteiger charge is 2.18. The summed E-state index contributed by atoms with van der Waals surface area (Å²) in [6, 6.07) is 15.5. The lowest BCUT2D eigenvalue weighted by molar-refractivity contribution is -0.115. The maximum Gasteiger partial charge on any atom is 0.249 e. The summed E-state index contributed by atoms with van der Waals surface area (Å²) in [5, 5.41) is 5.53. The molecule has 0 unspecified atom stereocenters. The van der Waals surface area contributed by atoms with E-state index in [2.05, 4.69) is 21.2 Å². The van der Waals surface area contributed by atoms with E-state index in [1.54, 1.807) is 17.8 Å². The van der Waals surface area contributed by atoms with Gasteiger partial charge in [0, 0.05) is 31.4 Å². The topological polar surface area (TPSA) is 29.1 Å². The molecule has 0 spiro atoms. The van der Waals surface area contributed by atoms with Crippen molar-refractivity contribution in [2.75, 3.05) is 0 Å². The van der Waals surface area contributed by atoms with Gasteiger partial charge in [-0.2, -0.15) is 0 Å². The summed E-state index contributed by atoms with van der Waals surface area (Å²) in [7, 11) is 0. The van der Waals surface area contributed by atoms with Gasteiger partial charge in [-0.1, -0.05) is 51.4 Å². The van der Waals surface area contributed by atoms with Gasteiger partial charge in [0.1, 0.15) is 0 Å². The Kier molecular flexibility index (Phi) is 4.71. The second kappa shape index (κ2) is 6.73. The second-order valence-electron chi connectivity index (χ2n) is 4.66. The lowest BCUT2D eigenvalue weighted by Gasteiger charge is -2.06. The Bertz CT molecular complexity index is 766. The molecule has 5 heteroatoms. The maximum atomic E-state index is 11.7. The van der Waals surface area contributed by atoms with E-state index in [0.29, 0.717) is 5.02 Å². The number of nitrogens with one attached hydrogen (secondary N) is 1. The zero-order valence-electron chi connectivity index (χ0n) is 11.3. The Morgan fingerprint density at radius 3 is 2.41 bits per heavy atom. The van der Waals surface area contributed by atoms with Crippen LogP contribution in [0.15, 0.2) is 75.1 Å². The first-order valence-corrected chi connectivity index (χ1v) is 8.58. The first-order valence-electron chi connectivity index (χ1n) is 6.53. The highest BCUT2D eigenvalue weighted by Crippen LogP contribution is 2.30. The van der Waals surface area contributed by atoms with Crippen LogP contribution in [0.25, 0.3) is 5.57 Å². The normalized spacial score (nSPS) is 15.8. The van der Waals surface area contributed by atoms with E-state index >= 15 is 0 Å². The first-order chi connectivity index (χ1) is 10.6. The molecule has 1 N–H and O–H groups in total. The molecule has 22 heavy (non-hydrogen) atoms. The molecule has 2 aromatic carbocycles. The van der Waals surface area contributed by atoms with Crippen LogP contribution in [0.4, 0.5) is 0 Å². The molecule has 0 saturated heterocycles. The SMILES string of the molecule is O=C1C=C(c2ccc(Br)cc2)/C(=C/Sc2ccc(Cl)cc2)N1. The van der Waals surface area contributed by atoms with E-state index in [0.717, 1.165) is 26.2 Å². The predicted octanol–water partition coefficient (Wildman–Crippen LogP) is 5.25. The maximum absolute atomic E-state index is 11.7. The minimum atomic E-state index is -0.0964. The van der Waals surface area contributed by atoms with Crippen LogP contribution in [0, 0.1) is 0 Å². The van der Waals surface area contributed by atoms with E-state index < -0.39 is 0 Å². The monoisotopic (exact) mass is 391 g/mol. The average Bonchev–Trinajstić information content (AvgIpc) is 2.88. The van der Waals surface area contributed by atoms with E-state index in [1.165, 1.54) is 0 Å². The predicted molar refractivity (Wildman–Crippen MR) is 95.7 cm³/mol. The van der Waals surface area contributed by atoms with Gasteiger partial charge in [0.2, 0.25) is 5.91 Å². The lowest BCUT2D eigenvalue weighted by atomic mass is 10.1. The largest absolute Gasteiger partial charge is 0.321 e. The molecule has 0 bridgehead atoms. The molecule has 2 aromatic rings. The van der Waals surface area contributed by atoms with Crippen LogP contribution in [0.2, 0.25) is 5.02 Å². The number of carbonyl (C=O) groups is 1. The van der Waals surface area contributed by atoms with Gasteiger partial charge >= 0.3 is 0 Å². The van der Waals surface area contributed by atoms with Crippen LogP contribution in [-0.2, 0) is 4.79 Å². The number of benzene rings is 2. The van der Waals surface area contributed by atoms with Crippen molar-refractivity contribution in [1.29, 1.82) is 0 Å². The third-order valence-corrected chi connectivity index (χ3v) is 4.78. The highest BCUT2D eigenvalue weighted by atomic mass is 79.9. The number of carbonyl (C=O) groups excluding carboxylic acids is 1. The van der Waals surface area contributed by atoms with Crippen molar-refractivity contribution in [1.82, 2.24) is 5.32 Å². The molecule has 0 aliphatic carbocycles. The molecule has 0 radical (unpaired) electrons. The van der Waals surface area contributed by atoms with Crippen molar-refractivity contribution in [2.45, 2.75) is 4.90 Å². The standard InChI is InChI=1S/C17H11BrClNOS/c18-12-3-1-11(2-4-12)15-9-17(21)20-16(15)10-22-14-7-5-13(19)6-8-14/h1-10H,(H,20,21)/b16-10-. The third kappa shape index (κ3) is 3.64. The zero-order chi connectivity index (χ0) is 15.5. The van der Waals surface area contributed by atoms with Crippen LogP contribution >= 0.6 is 39.3 Å². The van der Waals surface area contributed by atoms with E-state index in [4.69, 9.17) is 11.6 Å². The summed E-state index contributed by atoms with van der Waals surface area (Å²) < 4.78 is 1.01. The molecule has 0 saturated carbocycles. The lowest BCUT2D eigenvalue weighted by Crippen LogP contribution is -2.13. The van der Waals surface area contributed by atoms with Crippen LogP contribution in [0.1, 0.15) is 5.56 Å². The van der Waals surface area contributed by atoms with Gasteiger partial charge in [-0.3, -0.25) is 4.79 Å². The fourth-order valence-corrected chi connectivity index (χ4v) is 3.17. The summed E-state index contributed by atoms with van der Waals surface area (Å²) in [4.78, 5) is 12.8. The molecule has 110 valence electrons. The summed E-state index contributed by atoms with van der Waals surface area (Å²) in [6.45, 7) is 0. The number of hydrogen-bond donors (Lipinski definition) is 1. The van der Waals surface area contributed by atoms with Gasteiger partial charge in [0.05, 0.1) is 5.70 Å². The number of hydrogen-bond acceptors (Lipinski definition) is 2. The van der Waals surface area contributed by atoms with E-state index in [9.17, 15) is 4.79 Å². The molecule has 2 nitrogen and oxygen atoms in total. The number of rotatable bonds is 3. The van der Waals surface area contributed by atoms with Crippen molar-refractivity contribution in [3.05, 3.63) is 80.8 Å². The first kappa shape index (κ1) is 15.4. The summed E-state index contributed by atoms with van der Waals surface area (Å²) in [6.07, 6.45) is 1.62. The fraction of sp³-hybridized carbons (Fsp3) is 0. The molecule has 1 aliphatic heterocycles. The van der Waals surface area contributed by atoms with E-state index in [-0.39, 0.29) is 5.91 Å². The van der Waals surface area contributed by atoms with Crippen molar-refractivity contribution < 1.29 is 4.79 Å². The van der Waals surface area contributed by atoms with Crippen molar-refractivity contribution in [2.24, 2.45) is 0 Å². The second-order valence-corrected chi connectivity index (χ2v) is 6.95. The Morgan fingerprint density at radius 2 is 1.73 bits per heavy atom. The molecule has 0 atom stereocenters. The van der Waals surface area contributed by atoms with Gasteiger partial charge in [-0.05, 0) is 42.0 Å². The van der Waals surface area contributed by atoms with Gasteiger partial charge < -0.3 is 5.32 Å².